The van der Waals surface area contributed by atoms with Crippen molar-refractivity contribution in [3.63, 3.8) is 0 Å². The molecule has 17 nitrogen and oxygen atoms in total. The molecule has 0 radical (unpaired) electrons. The average Bonchev–Trinajstić information content (AvgIpc) is 0.933. The van der Waals surface area contributed by atoms with Crippen molar-refractivity contribution < 1.29 is 80.2 Å². The molecule has 0 aromatic heterocycles. The summed E-state index contributed by atoms with van der Waals surface area (Å²) in [5, 5.41) is 10.7. The highest BCUT2D eigenvalue weighted by Crippen LogP contribution is 2.45. The van der Waals surface area contributed by atoms with Crippen molar-refractivity contribution in [2.75, 3.05) is 39.6 Å². The Morgan fingerprint density at radius 2 is 0.462 bits per heavy atom. The van der Waals surface area contributed by atoms with Gasteiger partial charge in [0.2, 0.25) is 0 Å². The summed E-state index contributed by atoms with van der Waals surface area (Å²) in [7, 11) is -9.97. The maximum absolute atomic E-state index is 13.1. The topological polar surface area (TPSA) is 237 Å². The second kappa shape index (κ2) is 79.1. The van der Waals surface area contributed by atoms with Gasteiger partial charge in [-0.1, -0.05) is 311 Å². The summed E-state index contributed by atoms with van der Waals surface area (Å²) in [6.45, 7) is 4.81. The van der Waals surface area contributed by atoms with Crippen LogP contribution in [0.25, 0.3) is 0 Å². The van der Waals surface area contributed by atoms with Crippen molar-refractivity contribution in [1.29, 1.82) is 0 Å². The van der Waals surface area contributed by atoms with Gasteiger partial charge in [-0.15, -0.1) is 0 Å². The molecule has 5 atom stereocenters. The van der Waals surface area contributed by atoms with Crippen molar-refractivity contribution in [3.8, 4) is 0 Å². The minimum absolute atomic E-state index is 0.0766. The third-order valence-corrected chi connectivity index (χ3v) is 19.9. The molecule has 3 N–H and O–H groups in total. The largest absolute Gasteiger partial charge is 0.472 e. The van der Waals surface area contributed by atoms with Gasteiger partial charge < -0.3 is 33.8 Å². The molecule has 5 unspecified atom stereocenters. The molecule has 0 heterocycles. The predicted octanol–water partition coefficient (Wildman–Crippen LogP) is 25.1. The molecule has 0 aromatic rings. The summed E-state index contributed by atoms with van der Waals surface area (Å²) < 4.78 is 68.8. The van der Waals surface area contributed by atoms with Gasteiger partial charge in [0.25, 0.3) is 0 Å². The predicted molar refractivity (Wildman–Crippen MR) is 436 cm³/mol. The maximum Gasteiger partial charge on any atom is 0.472 e. The van der Waals surface area contributed by atoms with Gasteiger partial charge in [0.1, 0.15) is 19.3 Å². The Labute approximate surface area is 646 Å². The van der Waals surface area contributed by atoms with E-state index in [0.29, 0.717) is 25.7 Å². The molecule has 0 aliphatic rings. The van der Waals surface area contributed by atoms with Crippen molar-refractivity contribution in [2.24, 2.45) is 0 Å². The number of ether oxygens (including phenoxy) is 4. The summed E-state index contributed by atoms with van der Waals surface area (Å²) >= 11 is 0. The van der Waals surface area contributed by atoms with Crippen LogP contribution in [0, 0.1) is 0 Å². The first-order valence-electron chi connectivity index (χ1n) is 42.5. The van der Waals surface area contributed by atoms with Crippen molar-refractivity contribution in [1.82, 2.24) is 0 Å². The Morgan fingerprint density at radius 3 is 0.726 bits per heavy atom. The molecule has 0 saturated heterocycles. The lowest BCUT2D eigenvalue weighted by molar-refractivity contribution is -0.161. The lowest BCUT2D eigenvalue weighted by atomic mass is 10.0. The molecule has 0 amide bonds. The molecule has 614 valence electrons. The van der Waals surface area contributed by atoms with Gasteiger partial charge in [-0.05, 0) is 135 Å². The standard InChI is InChI=1S/C87H154O17P2/c1-5-9-13-17-21-25-29-33-36-38-40-42-45-48-51-55-59-63-67-71-84(89)97-77-82(103-86(91)73-69-65-61-57-53-47-32-28-24-20-16-12-8-4)79-101-105(93,94)99-75-81(88)76-100-106(95,96)102-80-83(104-87(92)74-70-66-62-58-54-50-44-35-31-27-23-19-15-11-7-3)78-98-85(90)72-68-64-60-56-52-49-46-43-41-39-37-34-30-26-22-18-14-10-6-2/h21-23,25-27,33-37,40-44,81-83,88H,5-20,24,28-32,38-39,45-80H2,1-4H3,(H,93,94)(H,95,96)/b25-21-,26-22-,27-23-,36-33-,37-34-,42-40-,43-41-,44-35-. The third kappa shape index (κ3) is 78.1. The van der Waals surface area contributed by atoms with Crippen LogP contribution in [0.15, 0.2) is 97.2 Å². The number of carbonyl (C=O) groups is 4. The Morgan fingerprint density at radius 1 is 0.264 bits per heavy atom. The Hall–Kier alpha value is -4.02. The monoisotopic (exact) mass is 1530 g/mol. The Bertz CT molecular complexity index is 2380. The number of phosphoric ester groups is 2. The number of rotatable bonds is 80. The van der Waals surface area contributed by atoms with Crippen molar-refractivity contribution in [2.45, 2.75) is 393 Å². The second-order valence-corrected chi connectivity index (χ2v) is 31.3. The van der Waals surface area contributed by atoms with E-state index in [1.807, 2.05) is 0 Å². The van der Waals surface area contributed by atoms with E-state index in [1.165, 1.54) is 109 Å². The summed E-state index contributed by atoms with van der Waals surface area (Å²) in [5.74, 6) is -2.19. The normalized spacial score (nSPS) is 14.3. The number of aliphatic hydroxyl groups is 1. The van der Waals surface area contributed by atoms with Crippen molar-refractivity contribution in [3.05, 3.63) is 97.2 Å². The summed E-state index contributed by atoms with van der Waals surface area (Å²) in [6, 6.07) is 0. The van der Waals surface area contributed by atoms with Crippen LogP contribution < -0.4 is 0 Å². The van der Waals surface area contributed by atoms with Gasteiger partial charge in [-0.3, -0.25) is 37.3 Å². The molecular weight excluding hydrogens is 1380 g/mol. The Kier molecular flexibility index (Phi) is 76.1. The lowest BCUT2D eigenvalue weighted by Gasteiger charge is -2.21. The number of unbranched alkanes of at least 4 members (excludes halogenated alkanes) is 38. The quantitative estimate of drug-likeness (QED) is 0.0169. The van der Waals surface area contributed by atoms with E-state index in [9.17, 15) is 43.2 Å². The molecule has 0 rings (SSSR count). The molecule has 0 fully saturated rings. The summed E-state index contributed by atoms with van der Waals surface area (Å²) in [5.41, 5.74) is 0. The zero-order valence-electron chi connectivity index (χ0n) is 67.3. The van der Waals surface area contributed by atoms with Gasteiger partial charge in [0, 0.05) is 25.7 Å². The van der Waals surface area contributed by atoms with Gasteiger partial charge in [0.05, 0.1) is 26.4 Å². The second-order valence-electron chi connectivity index (χ2n) is 28.4. The van der Waals surface area contributed by atoms with E-state index in [4.69, 9.17) is 37.0 Å². The van der Waals surface area contributed by atoms with Crippen LogP contribution in [0.2, 0.25) is 0 Å². The molecule has 0 aliphatic heterocycles. The van der Waals surface area contributed by atoms with E-state index < -0.39 is 97.5 Å². The SMILES string of the molecule is CCCCC/C=C\C/C=C\C/C=C\CCCCCCCCC(=O)OCC(COP(=O)(O)OCC(O)COP(=O)(O)OCC(COC(=O)CCCCCCCC/C=C\C/C=C\C/C=C\CCCCC)OC(=O)CCCCCCCCCCCCCCC)OC(=O)CCCCCCC/C=C\C/C=C\CCCCC. The molecular formula is C87H154O17P2. The van der Waals surface area contributed by atoms with Crippen LogP contribution in [0.1, 0.15) is 374 Å². The number of aliphatic hydroxyl groups excluding tert-OH is 1. The molecule has 106 heavy (non-hydrogen) atoms. The smallest absolute Gasteiger partial charge is 0.462 e. The first kappa shape index (κ1) is 102. The number of allylic oxidation sites excluding steroid dienone is 16. The fraction of sp³-hybridized carbons (Fsp3) is 0.770. The van der Waals surface area contributed by atoms with E-state index in [-0.39, 0.29) is 25.7 Å². The van der Waals surface area contributed by atoms with Crippen LogP contribution in [-0.4, -0.2) is 96.7 Å². The first-order valence-corrected chi connectivity index (χ1v) is 45.5. The first-order chi connectivity index (χ1) is 51.7. The highest BCUT2D eigenvalue weighted by molar-refractivity contribution is 7.47. The minimum Gasteiger partial charge on any atom is -0.462 e. The van der Waals surface area contributed by atoms with E-state index in [2.05, 4.69) is 125 Å². The van der Waals surface area contributed by atoms with Crippen LogP contribution in [0.3, 0.4) is 0 Å². The van der Waals surface area contributed by atoms with E-state index >= 15 is 0 Å². The minimum atomic E-state index is -4.99. The number of esters is 4. The number of hydrogen-bond donors (Lipinski definition) is 3. The zero-order chi connectivity index (χ0) is 77.4. The fourth-order valence-corrected chi connectivity index (χ4v) is 13.1. The van der Waals surface area contributed by atoms with E-state index in [1.54, 1.807) is 0 Å². The molecule has 0 aliphatic carbocycles. The van der Waals surface area contributed by atoms with Gasteiger partial charge in [-0.25, -0.2) is 9.13 Å². The summed E-state index contributed by atoms with van der Waals surface area (Å²) in [6.07, 6.45) is 85.0. The molecule has 0 spiro atoms. The van der Waals surface area contributed by atoms with Crippen LogP contribution in [0.5, 0.6) is 0 Å². The average molecular weight is 1530 g/mol. The van der Waals surface area contributed by atoms with Gasteiger partial charge >= 0.3 is 39.5 Å². The van der Waals surface area contributed by atoms with Crippen LogP contribution in [0.4, 0.5) is 0 Å². The molecule has 0 saturated carbocycles. The number of carbonyl (C=O) groups excluding carboxylic acids is 4. The molecule has 0 bridgehead atoms. The Balaban J connectivity index is 5.35. The number of phosphoric acid groups is 2. The lowest BCUT2D eigenvalue weighted by Crippen LogP contribution is -2.30. The molecule has 19 heteroatoms. The van der Waals surface area contributed by atoms with Crippen LogP contribution >= 0.6 is 15.6 Å². The fourth-order valence-electron chi connectivity index (χ4n) is 11.5. The van der Waals surface area contributed by atoms with Crippen LogP contribution in [-0.2, 0) is 65.4 Å². The van der Waals surface area contributed by atoms with Crippen molar-refractivity contribution >= 4 is 39.5 Å². The van der Waals surface area contributed by atoms with E-state index in [0.717, 1.165) is 186 Å². The highest BCUT2D eigenvalue weighted by Gasteiger charge is 2.30. The maximum atomic E-state index is 13.1. The zero-order valence-corrected chi connectivity index (χ0v) is 69.1. The number of hydrogen-bond acceptors (Lipinski definition) is 15. The van der Waals surface area contributed by atoms with Gasteiger partial charge in [0.15, 0.2) is 12.2 Å². The molecule has 0 aromatic carbocycles. The highest BCUT2D eigenvalue weighted by atomic mass is 31.2. The van der Waals surface area contributed by atoms with Gasteiger partial charge in [-0.2, -0.15) is 0 Å². The third-order valence-electron chi connectivity index (χ3n) is 18.0. The summed E-state index contributed by atoms with van der Waals surface area (Å²) in [4.78, 5) is 73.2.